The van der Waals surface area contributed by atoms with E-state index in [2.05, 4.69) is 5.32 Å². The Bertz CT molecular complexity index is 515. The van der Waals surface area contributed by atoms with Crippen LogP contribution in [-0.4, -0.2) is 77.9 Å². The van der Waals surface area contributed by atoms with E-state index in [1.54, 1.807) is 4.90 Å². The molecule has 0 aliphatic carbocycles. The second kappa shape index (κ2) is 6.20. The fraction of sp³-hybridized carbons (Fsp3) is 0.812. The van der Waals surface area contributed by atoms with E-state index in [0.717, 1.165) is 19.4 Å². The van der Waals surface area contributed by atoms with Crippen molar-refractivity contribution in [2.45, 2.75) is 50.8 Å². The van der Waals surface area contributed by atoms with Crippen LogP contribution < -0.4 is 5.32 Å². The highest BCUT2D eigenvalue weighted by Crippen LogP contribution is 2.34. The highest BCUT2D eigenvalue weighted by atomic mass is 16.5. The number of nitrogens with zero attached hydrogens (tertiary/aromatic N) is 2. The van der Waals surface area contributed by atoms with E-state index in [4.69, 9.17) is 4.74 Å². The van der Waals surface area contributed by atoms with Gasteiger partial charge in [0.2, 0.25) is 5.91 Å². The highest BCUT2D eigenvalue weighted by molar-refractivity contribution is 5.99. The van der Waals surface area contributed by atoms with E-state index in [9.17, 15) is 14.4 Å². The van der Waals surface area contributed by atoms with Gasteiger partial charge in [0.05, 0.1) is 6.54 Å². The molecule has 7 nitrogen and oxygen atoms in total. The summed E-state index contributed by atoms with van der Waals surface area (Å²) in [6, 6.07) is -0.306. The van der Waals surface area contributed by atoms with Crippen molar-refractivity contribution < 1.29 is 19.1 Å². The Morgan fingerprint density at radius 2 is 2.26 bits per heavy atom. The van der Waals surface area contributed by atoms with Crippen LogP contribution in [0.2, 0.25) is 0 Å². The van der Waals surface area contributed by atoms with Crippen LogP contribution in [0.4, 0.5) is 0 Å². The van der Waals surface area contributed by atoms with E-state index < -0.39 is 0 Å². The van der Waals surface area contributed by atoms with Crippen LogP contribution in [0.25, 0.3) is 0 Å². The van der Waals surface area contributed by atoms with Gasteiger partial charge < -0.3 is 15.0 Å². The number of rotatable bonds is 5. The summed E-state index contributed by atoms with van der Waals surface area (Å²) in [5, 5.41) is 3.29. The highest BCUT2D eigenvalue weighted by Gasteiger charge is 2.57. The number of likely N-dealkylation sites (tertiary alicyclic amines) is 2. The van der Waals surface area contributed by atoms with Gasteiger partial charge in [0.1, 0.15) is 17.7 Å². The Hall–Kier alpha value is -1.47. The molecule has 3 heterocycles. The van der Waals surface area contributed by atoms with E-state index >= 15 is 0 Å². The first-order valence-electron chi connectivity index (χ1n) is 8.40. The van der Waals surface area contributed by atoms with Gasteiger partial charge in [0.25, 0.3) is 0 Å². The molecule has 0 bridgehead atoms. The first-order chi connectivity index (χ1) is 10.9. The van der Waals surface area contributed by atoms with Crippen molar-refractivity contribution >= 4 is 17.7 Å². The summed E-state index contributed by atoms with van der Waals surface area (Å²) in [5.41, 5.74) is -0.377. The molecule has 3 unspecified atom stereocenters. The van der Waals surface area contributed by atoms with Gasteiger partial charge in [-0.2, -0.15) is 0 Å². The molecule has 3 aliphatic heterocycles. The maximum absolute atomic E-state index is 12.4. The number of esters is 1. The van der Waals surface area contributed by atoms with E-state index in [1.807, 2.05) is 11.8 Å². The summed E-state index contributed by atoms with van der Waals surface area (Å²) in [7, 11) is 0. The number of carbonyl (C=O) groups excluding carboxylic acids is 3. The minimum Gasteiger partial charge on any atom is -0.463 e. The summed E-state index contributed by atoms with van der Waals surface area (Å²) < 4.78 is 5.10. The van der Waals surface area contributed by atoms with Gasteiger partial charge in [-0.05, 0) is 32.7 Å². The second-order valence-electron chi connectivity index (χ2n) is 6.97. The molecule has 128 valence electrons. The predicted molar refractivity (Wildman–Crippen MR) is 82.8 cm³/mol. The zero-order valence-electron chi connectivity index (χ0n) is 13.8. The minimum atomic E-state index is -0.377. The molecule has 0 aromatic heterocycles. The lowest BCUT2D eigenvalue weighted by molar-refractivity contribution is -0.158. The molecule has 3 fully saturated rings. The molecule has 0 radical (unpaired) electrons. The quantitative estimate of drug-likeness (QED) is 0.545. The van der Waals surface area contributed by atoms with Gasteiger partial charge in [-0.15, -0.1) is 0 Å². The number of Topliss-reactive ketones (excluding diaryl/α,β-unsaturated/α-hetero) is 1. The number of ketones is 1. The summed E-state index contributed by atoms with van der Waals surface area (Å²) in [5.74, 6) is -0.0803. The smallest absolute Gasteiger partial charge is 0.302 e. The van der Waals surface area contributed by atoms with E-state index in [1.165, 1.54) is 6.92 Å². The molecular formula is C16H25N3O4. The van der Waals surface area contributed by atoms with Gasteiger partial charge in [0.15, 0.2) is 5.78 Å². The van der Waals surface area contributed by atoms with Crippen molar-refractivity contribution in [1.29, 1.82) is 0 Å². The van der Waals surface area contributed by atoms with Crippen molar-refractivity contribution in [2.75, 3.05) is 32.7 Å². The fourth-order valence-electron chi connectivity index (χ4n) is 3.88. The lowest BCUT2D eigenvalue weighted by Gasteiger charge is -2.49. The average Bonchev–Trinajstić information content (AvgIpc) is 3.10. The number of hydrogen-bond donors (Lipinski definition) is 1. The van der Waals surface area contributed by atoms with Crippen molar-refractivity contribution in [3.63, 3.8) is 0 Å². The van der Waals surface area contributed by atoms with Gasteiger partial charge in [0, 0.05) is 26.6 Å². The minimum absolute atomic E-state index is 0.0866. The van der Waals surface area contributed by atoms with Crippen molar-refractivity contribution in [3.8, 4) is 0 Å². The first kappa shape index (κ1) is 16.4. The lowest BCUT2D eigenvalue weighted by Crippen LogP contribution is -2.74. The van der Waals surface area contributed by atoms with Crippen LogP contribution in [0.15, 0.2) is 0 Å². The molecule has 23 heavy (non-hydrogen) atoms. The molecular weight excluding hydrogens is 298 g/mol. The van der Waals surface area contributed by atoms with Crippen LogP contribution in [0, 0.1) is 0 Å². The molecule has 0 saturated carbocycles. The third-order valence-electron chi connectivity index (χ3n) is 5.13. The molecule has 3 saturated heterocycles. The first-order valence-corrected chi connectivity index (χ1v) is 8.40. The van der Waals surface area contributed by atoms with Crippen molar-refractivity contribution in [2.24, 2.45) is 0 Å². The molecule has 1 amide bonds. The third-order valence-corrected chi connectivity index (χ3v) is 5.13. The Labute approximate surface area is 136 Å². The topological polar surface area (TPSA) is 79.0 Å². The lowest BCUT2D eigenvalue weighted by atomic mass is 9.85. The molecule has 0 aromatic rings. The Morgan fingerprint density at radius 3 is 2.87 bits per heavy atom. The van der Waals surface area contributed by atoms with Crippen LogP contribution in [0.1, 0.15) is 33.1 Å². The zero-order valence-corrected chi connectivity index (χ0v) is 13.8. The summed E-state index contributed by atoms with van der Waals surface area (Å²) in [4.78, 5) is 39.4. The maximum atomic E-state index is 12.4. The van der Waals surface area contributed by atoms with Gasteiger partial charge in [-0.3, -0.25) is 19.3 Å². The van der Waals surface area contributed by atoms with Gasteiger partial charge in [-0.25, -0.2) is 0 Å². The average molecular weight is 323 g/mol. The Kier molecular flexibility index (Phi) is 4.42. The molecule has 3 atom stereocenters. The summed E-state index contributed by atoms with van der Waals surface area (Å²) in [6.45, 7) is 6.45. The number of β-lactam (4-membered cyclic amide) rings is 1. The van der Waals surface area contributed by atoms with Crippen LogP contribution in [0.5, 0.6) is 0 Å². The number of carbonyl (C=O) groups is 3. The standard InChI is InChI=1S/C16H25N3O4/c1-11(23-12(2)20)4-7-18-8-13(14(21)9-18)19-10-16(15(19)22)5-3-6-17-16/h11,13,17H,3-10H2,1-2H3. The molecule has 1 spiro atoms. The zero-order chi connectivity index (χ0) is 16.6. The maximum Gasteiger partial charge on any atom is 0.302 e. The molecule has 1 N–H and O–H groups in total. The number of ether oxygens (including phenoxy) is 1. The van der Waals surface area contributed by atoms with Crippen molar-refractivity contribution in [3.05, 3.63) is 0 Å². The van der Waals surface area contributed by atoms with E-state index in [-0.39, 0.29) is 35.3 Å². The third kappa shape index (κ3) is 3.12. The number of amides is 1. The Balaban J connectivity index is 1.49. The van der Waals surface area contributed by atoms with Crippen LogP contribution >= 0.6 is 0 Å². The monoisotopic (exact) mass is 323 g/mol. The summed E-state index contributed by atoms with van der Waals surface area (Å²) >= 11 is 0. The number of nitrogens with one attached hydrogen (secondary N) is 1. The van der Waals surface area contributed by atoms with E-state index in [0.29, 0.717) is 32.6 Å². The van der Waals surface area contributed by atoms with Gasteiger partial charge in [-0.1, -0.05) is 0 Å². The molecule has 3 rings (SSSR count). The van der Waals surface area contributed by atoms with Crippen molar-refractivity contribution in [1.82, 2.24) is 15.1 Å². The SMILES string of the molecule is CC(=O)OC(C)CCN1CC(=O)C(N2CC3(CCCN3)C2=O)C1. The van der Waals surface area contributed by atoms with Crippen LogP contribution in [-0.2, 0) is 19.1 Å². The normalized spacial score (nSPS) is 32.4. The molecule has 7 heteroatoms. The Morgan fingerprint density at radius 1 is 1.48 bits per heavy atom. The van der Waals surface area contributed by atoms with Gasteiger partial charge >= 0.3 is 5.97 Å². The molecule has 3 aliphatic rings. The predicted octanol–water partition coefficient (Wildman–Crippen LogP) is -0.454. The molecule has 0 aromatic carbocycles. The largest absolute Gasteiger partial charge is 0.463 e. The number of hydrogen-bond acceptors (Lipinski definition) is 6. The van der Waals surface area contributed by atoms with Crippen LogP contribution in [0.3, 0.4) is 0 Å². The fourth-order valence-corrected chi connectivity index (χ4v) is 3.88. The second-order valence-corrected chi connectivity index (χ2v) is 6.97. The summed E-state index contributed by atoms with van der Waals surface area (Å²) in [6.07, 6.45) is 2.45.